The Labute approximate surface area is 173 Å². The molecule has 0 aliphatic carbocycles. The van der Waals surface area contributed by atoms with Gasteiger partial charge in [0.2, 0.25) is 12.2 Å². The summed E-state index contributed by atoms with van der Waals surface area (Å²) in [5.41, 5.74) is 2.24. The molecule has 0 saturated carbocycles. The fourth-order valence-corrected chi connectivity index (χ4v) is 3.51. The third-order valence-electron chi connectivity index (χ3n) is 4.94. The van der Waals surface area contributed by atoms with E-state index in [0.29, 0.717) is 51.5 Å². The van der Waals surface area contributed by atoms with Crippen LogP contribution in [-0.4, -0.2) is 26.0 Å². The Morgan fingerprint density at radius 3 is 2.67 bits per heavy atom. The largest absolute Gasteiger partial charge is 0.481 e. The third kappa shape index (κ3) is 3.58. The zero-order chi connectivity index (χ0) is 21.3. The zero-order valence-corrected chi connectivity index (χ0v) is 17.1. The number of carbonyl (C=O) groups excluding carboxylic acids is 1. The van der Waals surface area contributed by atoms with Gasteiger partial charge in [0.25, 0.3) is 0 Å². The van der Waals surface area contributed by atoms with E-state index in [1.54, 1.807) is 38.1 Å². The summed E-state index contributed by atoms with van der Waals surface area (Å²) in [5, 5.41) is 0.452. The molecule has 4 rings (SSSR count). The maximum atomic E-state index is 13.3. The molecule has 156 valence electrons. The summed E-state index contributed by atoms with van der Waals surface area (Å²) in [6, 6.07) is 8.80. The van der Waals surface area contributed by atoms with E-state index in [4.69, 9.17) is 23.4 Å². The fourth-order valence-electron chi connectivity index (χ4n) is 3.51. The van der Waals surface area contributed by atoms with Gasteiger partial charge in [-0.2, -0.15) is 0 Å². The number of carbonyl (C=O) groups is 1. The SMILES string of the molecule is CCOC(=O)COc1cc2oc(C)c(-c3ccc4c(c3)OCO4)c(=O)c2cc1CC. The van der Waals surface area contributed by atoms with E-state index >= 15 is 0 Å². The summed E-state index contributed by atoms with van der Waals surface area (Å²) in [4.78, 5) is 25.0. The van der Waals surface area contributed by atoms with Gasteiger partial charge in [-0.1, -0.05) is 13.0 Å². The first-order chi connectivity index (χ1) is 14.5. The van der Waals surface area contributed by atoms with Crippen LogP contribution in [0.5, 0.6) is 17.2 Å². The molecule has 30 heavy (non-hydrogen) atoms. The maximum absolute atomic E-state index is 13.3. The third-order valence-corrected chi connectivity index (χ3v) is 4.94. The predicted octanol–water partition coefficient (Wildman–Crippen LogP) is 4.00. The number of benzene rings is 2. The van der Waals surface area contributed by atoms with Crippen LogP contribution >= 0.6 is 0 Å². The van der Waals surface area contributed by atoms with E-state index in [1.807, 2.05) is 13.0 Å². The van der Waals surface area contributed by atoms with E-state index in [9.17, 15) is 9.59 Å². The predicted molar refractivity (Wildman–Crippen MR) is 110 cm³/mol. The first-order valence-corrected chi connectivity index (χ1v) is 9.80. The molecular formula is C23H22O7. The van der Waals surface area contributed by atoms with Crippen LogP contribution in [0.3, 0.4) is 0 Å². The summed E-state index contributed by atoms with van der Waals surface area (Å²) in [7, 11) is 0. The molecule has 0 fully saturated rings. The Hall–Kier alpha value is -3.48. The molecule has 0 amide bonds. The molecule has 1 aliphatic heterocycles. The van der Waals surface area contributed by atoms with Gasteiger partial charge in [-0.3, -0.25) is 4.79 Å². The molecule has 3 aromatic rings. The average Bonchev–Trinajstić information content (AvgIpc) is 3.20. The smallest absolute Gasteiger partial charge is 0.344 e. The van der Waals surface area contributed by atoms with Crippen LogP contribution in [0.1, 0.15) is 25.2 Å². The van der Waals surface area contributed by atoms with Crippen molar-refractivity contribution in [1.29, 1.82) is 0 Å². The van der Waals surface area contributed by atoms with E-state index in [-0.39, 0.29) is 25.4 Å². The number of ether oxygens (including phenoxy) is 4. The lowest BCUT2D eigenvalue weighted by atomic mass is 10.0. The second kappa shape index (κ2) is 8.10. The zero-order valence-electron chi connectivity index (χ0n) is 17.1. The highest BCUT2D eigenvalue weighted by Crippen LogP contribution is 2.37. The van der Waals surface area contributed by atoms with Crippen molar-refractivity contribution < 1.29 is 28.2 Å². The van der Waals surface area contributed by atoms with Crippen LogP contribution in [0.4, 0.5) is 0 Å². The van der Waals surface area contributed by atoms with Crippen LogP contribution in [0.2, 0.25) is 0 Å². The first-order valence-electron chi connectivity index (χ1n) is 9.80. The lowest BCUT2D eigenvalue weighted by Crippen LogP contribution is -2.15. The van der Waals surface area contributed by atoms with Crippen molar-refractivity contribution in [1.82, 2.24) is 0 Å². The lowest BCUT2D eigenvalue weighted by molar-refractivity contribution is -0.145. The molecule has 7 nitrogen and oxygen atoms in total. The molecule has 7 heteroatoms. The Balaban J connectivity index is 1.77. The van der Waals surface area contributed by atoms with Gasteiger partial charge in [0, 0.05) is 6.07 Å². The Bertz CT molecular complexity index is 1180. The van der Waals surface area contributed by atoms with Crippen molar-refractivity contribution in [2.24, 2.45) is 0 Å². The van der Waals surface area contributed by atoms with Crippen LogP contribution in [0.25, 0.3) is 22.1 Å². The summed E-state index contributed by atoms with van der Waals surface area (Å²) in [6.45, 7) is 5.68. The summed E-state index contributed by atoms with van der Waals surface area (Å²) in [6.07, 6.45) is 0.626. The highest BCUT2D eigenvalue weighted by Gasteiger charge is 2.20. The molecule has 1 aliphatic rings. The van der Waals surface area contributed by atoms with Crippen molar-refractivity contribution in [3.05, 3.63) is 51.9 Å². The Morgan fingerprint density at radius 1 is 1.10 bits per heavy atom. The average molecular weight is 410 g/mol. The molecule has 0 unspecified atom stereocenters. The normalized spacial score (nSPS) is 12.2. The second-order valence-corrected chi connectivity index (χ2v) is 6.83. The summed E-state index contributed by atoms with van der Waals surface area (Å²) in [5.74, 6) is 1.78. The van der Waals surface area contributed by atoms with Crippen molar-refractivity contribution >= 4 is 16.9 Å². The molecule has 0 atom stereocenters. The van der Waals surface area contributed by atoms with E-state index < -0.39 is 5.97 Å². The van der Waals surface area contributed by atoms with Crippen LogP contribution in [-0.2, 0) is 16.0 Å². The topological polar surface area (TPSA) is 84.2 Å². The molecule has 2 aromatic carbocycles. The Kier molecular flexibility index (Phi) is 5.35. The number of fused-ring (bicyclic) bond motifs is 2. The number of rotatable bonds is 6. The molecule has 0 spiro atoms. The standard InChI is InChI=1S/C23H22O7/c1-4-14-8-16-19(10-18(14)27-11-21(24)26-5-2)30-13(3)22(23(16)25)15-6-7-17-20(9-15)29-12-28-17/h6-10H,4-5,11-12H2,1-3H3. The van der Waals surface area contributed by atoms with Crippen molar-refractivity contribution in [3.63, 3.8) is 0 Å². The van der Waals surface area contributed by atoms with Gasteiger partial charge in [0.1, 0.15) is 17.1 Å². The number of hydrogen-bond acceptors (Lipinski definition) is 7. The maximum Gasteiger partial charge on any atom is 0.344 e. The highest BCUT2D eigenvalue weighted by atomic mass is 16.7. The van der Waals surface area contributed by atoms with Gasteiger partial charge < -0.3 is 23.4 Å². The highest BCUT2D eigenvalue weighted by molar-refractivity contribution is 5.85. The van der Waals surface area contributed by atoms with Gasteiger partial charge in [0.05, 0.1) is 17.6 Å². The summed E-state index contributed by atoms with van der Waals surface area (Å²) < 4.78 is 27.3. The molecule has 0 saturated heterocycles. The van der Waals surface area contributed by atoms with E-state index in [1.165, 1.54) is 0 Å². The first kappa shape index (κ1) is 19.8. The number of hydrogen-bond donors (Lipinski definition) is 0. The molecule has 1 aromatic heterocycles. The Morgan fingerprint density at radius 2 is 1.90 bits per heavy atom. The monoisotopic (exact) mass is 410 g/mol. The summed E-state index contributed by atoms with van der Waals surface area (Å²) >= 11 is 0. The lowest BCUT2D eigenvalue weighted by Gasteiger charge is -2.13. The van der Waals surface area contributed by atoms with Gasteiger partial charge in [-0.15, -0.1) is 0 Å². The minimum absolute atomic E-state index is 0.140. The van der Waals surface area contributed by atoms with Crippen LogP contribution in [0, 0.1) is 6.92 Å². The van der Waals surface area contributed by atoms with E-state index in [0.717, 1.165) is 5.56 Å². The van der Waals surface area contributed by atoms with Gasteiger partial charge in [-0.25, -0.2) is 4.79 Å². The quantitative estimate of drug-likeness (QED) is 0.568. The van der Waals surface area contributed by atoms with Crippen LogP contribution < -0.4 is 19.6 Å². The molecule has 0 bridgehead atoms. The van der Waals surface area contributed by atoms with Crippen LogP contribution in [0.15, 0.2) is 39.5 Å². The molecule has 2 heterocycles. The molecule has 0 radical (unpaired) electrons. The van der Waals surface area contributed by atoms with Crippen molar-refractivity contribution in [2.75, 3.05) is 20.0 Å². The van der Waals surface area contributed by atoms with E-state index in [2.05, 4.69) is 0 Å². The van der Waals surface area contributed by atoms with Crippen molar-refractivity contribution in [3.8, 4) is 28.4 Å². The van der Waals surface area contributed by atoms with Gasteiger partial charge >= 0.3 is 5.97 Å². The number of esters is 1. The van der Waals surface area contributed by atoms with Gasteiger partial charge in [-0.05, 0) is 49.6 Å². The van der Waals surface area contributed by atoms with Gasteiger partial charge in [0.15, 0.2) is 18.1 Å². The second-order valence-electron chi connectivity index (χ2n) is 6.83. The molecular weight excluding hydrogens is 388 g/mol. The minimum atomic E-state index is -0.449. The van der Waals surface area contributed by atoms with Crippen molar-refractivity contribution in [2.45, 2.75) is 27.2 Å². The number of aryl methyl sites for hydroxylation is 2. The molecule has 0 N–H and O–H groups in total. The fraction of sp³-hybridized carbons (Fsp3) is 0.304. The minimum Gasteiger partial charge on any atom is -0.481 e.